The summed E-state index contributed by atoms with van der Waals surface area (Å²) in [4.78, 5) is 39.5. The molecule has 2 aromatic carbocycles. The Bertz CT molecular complexity index is 2250. The van der Waals surface area contributed by atoms with Crippen LogP contribution < -0.4 is 20.3 Å². The summed E-state index contributed by atoms with van der Waals surface area (Å²) in [5, 5.41) is 40.4. The number of aromatic nitrogens is 4. The molecule has 3 aromatic heterocycles. The molecule has 0 radical (unpaired) electrons. The number of aliphatic hydroxyl groups excluding tert-OH is 1. The maximum absolute atomic E-state index is 14.2. The van der Waals surface area contributed by atoms with Gasteiger partial charge in [-0.3, -0.25) is 14.5 Å². The minimum absolute atomic E-state index is 0.0510. The second kappa shape index (κ2) is 16.7. The lowest BCUT2D eigenvalue weighted by Gasteiger charge is -2.45. The fourth-order valence-corrected chi connectivity index (χ4v) is 9.07. The van der Waals surface area contributed by atoms with Gasteiger partial charge in [0.15, 0.2) is 11.6 Å². The number of benzene rings is 2. The summed E-state index contributed by atoms with van der Waals surface area (Å²) < 4.78 is 11.7. The predicted molar refractivity (Wildman–Crippen MR) is 220 cm³/mol. The molecule has 2 saturated heterocycles. The number of ether oxygens (including phenoxy) is 1. The number of likely N-dealkylation sites (tertiary alicyclic amines) is 1. The number of aryl methyl sites for hydroxylation is 1. The number of aliphatic hydroxyl groups is 1. The highest BCUT2D eigenvalue weighted by Gasteiger charge is 2.43. The van der Waals surface area contributed by atoms with Crippen LogP contribution in [0.5, 0.6) is 11.6 Å². The SMILES string of the molecule is Cc1ncsc1-c1ccc(C(C)NC(=O)[C@@H]2C[C@@H](O)CN2C(=O)C(c2cc(OCCN3CCN4c5cc(-c6ccccc6O)nnc5NC[C@@H]4C3)no2)C(C)C)cc1. The Morgan fingerprint density at radius 1 is 1.07 bits per heavy atom. The van der Waals surface area contributed by atoms with Gasteiger partial charge in [-0.25, -0.2) is 4.98 Å². The first-order valence-corrected chi connectivity index (χ1v) is 20.7. The van der Waals surface area contributed by atoms with E-state index in [0.29, 0.717) is 30.2 Å². The molecule has 8 rings (SSSR count). The van der Waals surface area contributed by atoms with Crippen molar-refractivity contribution in [3.05, 3.63) is 83.2 Å². The van der Waals surface area contributed by atoms with Crippen molar-refractivity contribution in [3.8, 4) is 33.3 Å². The second-order valence-electron chi connectivity index (χ2n) is 15.7. The van der Waals surface area contributed by atoms with E-state index in [-0.39, 0.29) is 54.4 Å². The predicted octanol–water partition coefficient (Wildman–Crippen LogP) is 4.84. The van der Waals surface area contributed by atoms with Crippen molar-refractivity contribution in [3.63, 3.8) is 0 Å². The minimum atomic E-state index is -0.829. The molecule has 16 heteroatoms. The van der Waals surface area contributed by atoms with E-state index in [1.54, 1.807) is 29.5 Å². The van der Waals surface area contributed by atoms with Gasteiger partial charge in [0, 0.05) is 57.3 Å². The minimum Gasteiger partial charge on any atom is -0.507 e. The van der Waals surface area contributed by atoms with E-state index in [1.165, 1.54) is 4.90 Å². The zero-order chi connectivity index (χ0) is 40.5. The number of β-amino-alcohol motifs (C(OH)–C–C–N with tert-alkyl or cyclic N) is 1. The van der Waals surface area contributed by atoms with Crippen LogP contribution in [0.4, 0.5) is 11.5 Å². The molecule has 3 aliphatic heterocycles. The summed E-state index contributed by atoms with van der Waals surface area (Å²) in [6, 6.07) is 17.9. The van der Waals surface area contributed by atoms with E-state index in [9.17, 15) is 19.8 Å². The summed E-state index contributed by atoms with van der Waals surface area (Å²) in [6.45, 7) is 12.0. The highest BCUT2D eigenvalue weighted by Crippen LogP contribution is 2.37. The Balaban J connectivity index is 0.855. The molecule has 4 N–H and O–H groups in total. The van der Waals surface area contributed by atoms with Crippen molar-refractivity contribution in [1.29, 1.82) is 0 Å². The summed E-state index contributed by atoms with van der Waals surface area (Å²) in [5.41, 5.74) is 7.04. The van der Waals surface area contributed by atoms with Gasteiger partial charge in [-0.15, -0.1) is 21.5 Å². The van der Waals surface area contributed by atoms with Gasteiger partial charge in [-0.05, 0) is 54.2 Å². The largest absolute Gasteiger partial charge is 0.507 e. The maximum atomic E-state index is 14.2. The zero-order valence-electron chi connectivity index (χ0n) is 33.0. The number of hydrogen-bond acceptors (Lipinski definition) is 14. The van der Waals surface area contributed by atoms with Gasteiger partial charge in [-0.1, -0.05) is 50.2 Å². The molecular formula is C42H49N9O6S. The Labute approximate surface area is 341 Å². The van der Waals surface area contributed by atoms with E-state index in [1.807, 2.05) is 75.7 Å². The van der Waals surface area contributed by atoms with Crippen molar-refractivity contribution in [2.24, 2.45) is 5.92 Å². The average molecular weight is 808 g/mol. The molecule has 0 aliphatic carbocycles. The van der Waals surface area contributed by atoms with Crippen LogP contribution in [0.25, 0.3) is 21.7 Å². The van der Waals surface area contributed by atoms with Crippen LogP contribution in [0.3, 0.4) is 0 Å². The van der Waals surface area contributed by atoms with Crippen molar-refractivity contribution in [2.45, 2.75) is 64.3 Å². The number of para-hydroxylation sites is 1. The molecule has 3 aliphatic rings. The molecule has 0 saturated carbocycles. The van der Waals surface area contributed by atoms with Gasteiger partial charge in [0.2, 0.25) is 11.8 Å². The van der Waals surface area contributed by atoms with Crippen LogP contribution in [0.1, 0.15) is 56.2 Å². The fourth-order valence-electron chi connectivity index (χ4n) is 8.26. The van der Waals surface area contributed by atoms with Crippen molar-refractivity contribution < 1.29 is 29.1 Å². The zero-order valence-corrected chi connectivity index (χ0v) is 33.9. The summed E-state index contributed by atoms with van der Waals surface area (Å²) >= 11 is 1.59. The van der Waals surface area contributed by atoms with E-state index < -0.39 is 18.1 Å². The highest BCUT2D eigenvalue weighted by atomic mass is 32.1. The van der Waals surface area contributed by atoms with Gasteiger partial charge in [0.1, 0.15) is 24.3 Å². The number of thiazole rings is 1. The quantitative estimate of drug-likeness (QED) is 0.135. The number of rotatable bonds is 12. The number of fused-ring (bicyclic) bond motifs is 3. The molecule has 58 heavy (non-hydrogen) atoms. The van der Waals surface area contributed by atoms with Crippen LogP contribution >= 0.6 is 11.3 Å². The summed E-state index contributed by atoms with van der Waals surface area (Å²) in [7, 11) is 0. The van der Waals surface area contributed by atoms with Crippen LogP contribution in [-0.4, -0.2) is 116 Å². The maximum Gasteiger partial charge on any atom is 0.254 e. The van der Waals surface area contributed by atoms with E-state index in [2.05, 4.69) is 40.8 Å². The lowest BCUT2D eigenvalue weighted by molar-refractivity contribution is -0.141. The Hall–Kier alpha value is -5.58. The van der Waals surface area contributed by atoms with Crippen molar-refractivity contribution in [1.82, 2.24) is 35.5 Å². The number of aromatic hydroxyl groups is 1. The third-order valence-corrected chi connectivity index (χ3v) is 12.4. The molecule has 5 aromatic rings. The first-order chi connectivity index (χ1) is 28.0. The smallest absolute Gasteiger partial charge is 0.254 e. The van der Waals surface area contributed by atoms with E-state index in [4.69, 9.17) is 9.26 Å². The number of phenols is 1. The number of hydrogen-bond donors (Lipinski definition) is 4. The third-order valence-electron chi connectivity index (χ3n) is 11.4. The lowest BCUT2D eigenvalue weighted by Crippen LogP contribution is -2.58. The Morgan fingerprint density at radius 3 is 2.64 bits per heavy atom. The van der Waals surface area contributed by atoms with Gasteiger partial charge in [0.05, 0.1) is 45.7 Å². The average Bonchev–Trinajstić information content (AvgIpc) is 3.97. The number of anilines is 2. The van der Waals surface area contributed by atoms with Crippen LogP contribution in [-0.2, 0) is 9.59 Å². The third kappa shape index (κ3) is 8.08. The van der Waals surface area contributed by atoms with E-state index in [0.717, 1.165) is 59.4 Å². The molecular weight excluding hydrogens is 759 g/mol. The number of amides is 2. The molecule has 0 spiro atoms. The van der Waals surface area contributed by atoms with Gasteiger partial charge < -0.3 is 39.9 Å². The number of carbonyl (C=O) groups is 2. The van der Waals surface area contributed by atoms with Gasteiger partial charge >= 0.3 is 0 Å². The number of piperazine rings is 1. The number of carbonyl (C=O) groups excluding carboxylic acids is 2. The molecule has 5 atom stereocenters. The van der Waals surface area contributed by atoms with E-state index >= 15 is 0 Å². The summed E-state index contributed by atoms with van der Waals surface area (Å²) in [5.74, 6) is 0.0239. The summed E-state index contributed by atoms with van der Waals surface area (Å²) in [6.07, 6.45) is -0.677. The van der Waals surface area contributed by atoms with Gasteiger partial charge in [0.25, 0.3) is 5.88 Å². The van der Waals surface area contributed by atoms with Crippen LogP contribution in [0.2, 0.25) is 0 Å². The standard InChI is InChI=1S/C42H49N9O6S/c1-24(2)38(42(55)51-22-30(52)17-34(51)41(54)45-25(3)27-9-11-28(12-10-27)39-26(4)44-23-58-39)36-19-37(48-57-36)56-16-15-49-13-14-50-29(21-49)20-43-40-33(50)18-32(46-47-40)31-7-5-6-8-35(31)53/h5-12,18-19,23-25,29-30,34,38,52-53H,13-17,20-22H2,1-4H3,(H,43,47)(H,45,54)/t25?,29-,30-,34+,38?/m1/s1. The second-order valence-corrected chi connectivity index (χ2v) is 16.5. The number of nitrogens with one attached hydrogen (secondary N) is 2. The van der Waals surface area contributed by atoms with Gasteiger partial charge in [-0.2, -0.15) is 0 Å². The first-order valence-electron chi connectivity index (χ1n) is 19.8. The molecule has 2 amide bonds. The highest BCUT2D eigenvalue weighted by molar-refractivity contribution is 7.13. The number of phenolic OH excluding ortho intramolecular Hbond substituents is 1. The molecule has 0 bridgehead atoms. The van der Waals surface area contributed by atoms with Crippen molar-refractivity contribution >= 4 is 34.7 Å². The van der Waals surface area contributed by atoms with Crippen LogP contribution in [0, 0.1) is 12.8 Å². The Morgan fingerprint density at radius 2 is 1.88 bits per heavy atom. The normalized spacial score (nSPS) is 20.3. The van der Waals surface area contributed by atoms with Crippen LogP contribution in [0.15, 0.2) is 70.7 Å². The molecule has 304 valence electrons. The first kappa shape index (κ1) is 39.3. The van der Waals surface area contributed by atoms with Crippen molar-refractivity contribution in [2.75, 3.05) is 56.1 Å². The topological polar surface area (TPSA) is 182 Å². The Kier molecular flexibility index (Phi) is 11.3. The fraction of sp³-hybridized carbons (Fsp3) is 0.429. The molecule has 2 unspecified atom stereocenters. The lowest BCUT2D eigenvalue weighted by atomic mass is 9.91. The number of nitrogens with zero attached hydrogens (tertiary/aromatic N) is 7. The molecule has 15 nitrogen and oxygen atoms in total. The monoisotopic (exact) mass is 807 g/mol. The molecule has 6 heterocycles. The molecule has 2 fully saturated rings.